The molecule has 0 fully saturated rings. The molecule has 3 N–H and O–H groups in total. The van der Waals surface area contributed by atoms with Crippen molar-refractivity contribution in [1.82, 2.24) is 0 Å². The Bertz CT molecular complexity index is 1220. The highest BCUT2D eigenvalue weighted by Gasteiger charge is 2.34. The van der Waals surface area contributed by atoms with Gasteiger partial charge in [-0.3, -0.25) is 9.59 Å². The normalized spacial score (nSPS) is 13.5. The molecule has 0 bridgehead atoms. The van der Waals surface area contributed by atoms with Crippen molar-refractivity contribution in [2.75, 3.05) is 11.9 Å². The van der Waals surface area contributed by atoms with Gasteiger partial charge >= 0.3 is 0 Å². The van der Waals surface area contributed by atoms with Crippen molar-refractivity contribution >= 4 is 54.8 Å². The lowest BCUT2D eigenvalue weighted by atomic mass is 9.82. The molecule has 0 heterocycles. The fourth-order valence-electron chi connectivity index (χ4n) is 3.68. The number of hydrogen-bond acceptors (Lipinski definition) is 6. The van der Waals surface area contributed by atoms with E-state index < -0.39 is 6.29 Å². The molecule has 3 aromatic rings. The number of halogens is 2. The van der Waals surface area contributed by atoms with Crippen LogP contribution in [0.5, 0.6) is 5.75 Å². The van der Waals surface area contributed by atoms with Gasteiger partial charge in [0.25, 0.3) is 0 Å². The van der Waals surface area contributed by atoms with Crippen molar-refractivity contribution in [3.05, 3.63) is 85.3 Å². The lowest BCUT2D eigenvalue weighted by Gasteiger charge is -2.22. The summed E-state index contributed by atoms with van der Waals surface area (Å²) >= 11 is 7.11. The van der Waals surface area contributed by atoms with Gasteiger partial charge in [-0.05, 0) is 75.0 Å². The molecule has 0 radical (unpaired) electrons. The third-order valence-corrected chi connectivity index (χ3v) is 6.42. The largest absolute Gasteiger partial charge is 0.507 e. The molecule has 0 aromatic heterocycles. The van der Waals surface area contributed by atoms with Gasteiger partial charge in [0.15, 0.2) is 17.9 Å². The Balaban J connectivity index is 1.71. The summed E-state index contributed by atoms with van der Waals surface area (Å²) in [6, 6.07) is 13.4. The van der Waals surface area contributed by atoms with Crippen molar-refractivity contribution in [3.8, 4) is 5.75 Å². The van der Waals surface area contributed by atoms with E-state index in [0.29, 0.717) is 30.0 Å². The van der Waals surface area contributed by atoms with Crippen LogP contribution in [-0.2, 0) is 11.2 Å². The Morgan fingerprint density at radius 1 is 0.969 bits per heavy atom. The standard InChI is InChI=1S/C24H19Br2NO5/c1-12(28)32-9-8-13-10-16(25)22(17(26)11-13)27-18-6-7-19(29)21-20(18)23(30)14-4-2-3-5-15(14)24(21)31/h2-7,10-12,27-29H,8-9H2,1H3. The van der Waals surface area contributed by atoms with E-state index in [0.717, 1.165) is 14.5 Å². The van der Waals surface area contributed by atoms with Crippen molar-refractivity contribution < 1.29 is 24.5 Å². The van der Waals surface area contributed by atoms with E-state index in [4.69, 9.17) is 4.74 Å². The first-order valence-corrected chi connectivity index (χ1v) is 11.5. The molecule has 4 rings (SSSR count). The number of carbonyl (C=O) groups is 2. The fraction of sp³-hybridized carbons (Fsp3) is 0.167. The Hall–Kier alpha value is -2.52. The van der Waals surface area contributed by atoms with Gasteiger partial charge in [-0.15, -0.1) is 0 Å². The molecule has 0 saturated heterocycles. The summed E-state index contributed by atoms with van der Waals surface area (Å²) < 4.78 is 6.66. The minimum atomic E-state index is -0.825. The topological polar surface area (TPSA) is 95.9 Å². The Labute approximate surface area is 201 Å². The molecule has 1 unspecified atom stereocenters. The number of ketones is 2. The van der Waals surface area contributed by atoms with E-state index in [1.165, 1.54) is 6.07 Å². The molecule has 6 nitrogen and oxygen atoms in total. The lowest BCUT2D eigenvalue weighted by Crippen LogP contribution is -2.22. The number of fused-ring (bicyclic) bond motifs is 2. The Morgan fingerprint density at radius 3 is 2.16 bits per heavy atom. The zero-order valence-corrected chi connectivity index (χ0v) is 20.2. The molecule has 0 aliphatic heterocycles. The Morgan fingerprint density at radius 2 is 1.56 bits per heavy atom. The molecule has 32 heavy (non-hydrogen) atoms. The maximum Gasteiger partial charge on any atom is 0.198 e. The van der Waals surface area contributed by atoms with Gasteiger partial charge in [-0.2, -0.15) is 0 Å². The maximum absolute atomic E-state index is 13.3. The van der Waals surface area contributed by atoms with Gasteiger partial charge in [0.05, 0.1) is 29.1 Å². The van der Waals surface area contributed by atoms with Crippen LogP contribution in [0.2, 0.25) is 0 Å². The van der Waals surface area contributed by atoms with Crippen LogP contribution in [0.4, 0.5) is 11.4 Å². The number of aliphatic hydroxyl groups is 1. The zero-order valence-electron chi connectivity index (χ0n) is 17.0. The van der Waals surface area contributed by atoms with Crippen LogP contribution < -0.4 is 5.32 Å². The van der Waals surface area contributed by atoms with Crippen molar-refractivity contribution in [2.45, 2.75) is 19.6 Å². The second kappa shape index (κ2) is 9.15. The summed E-state index contributed by atoms with van der Waals surface area (Å²) in [5.41, 5.74) is 2.78. The average molecular weight is 561 g/mol. The van der Waals surface area contributed by atoms with Gasteiger partial charge < -0.3 is 20.3 Å². The van der Waals surface area contributed by atoms with Crippen LogP contribution in [-0.4, -0.2) is 34.7 Å². The van der Waals surface area contributed by atoms with Crippen molar-refractivity contribution in [1.29, 1.82) is 0 Å². The van der Waals surface area contributed by atoms with E-state index in [1.54, 1.807) is 37.3 Å². The van der Waals surface area contributed by atoms with Gasteiger partial charge in [0.2, 0.25) is 0 Å². The summed E-state index contributed by atoms with van der Waals surface area (Å²) in [6.45, 7) is 1.92. The summed E-state index contributed by atoms with van der Waals surface area (Å²) in [5, 5.41) is 22.9. The van der Waals surface area contributed by atoms with Crippen molar-refractivity contribution in [3.63, 3.8) is 0 Å². The quantitative estimate of drug-likeness (QED) is 0.218. The number of ether oxygens (including phenoxy) is 1. The summed E-state index contributed by atoms with van der Waals surface area (Å²) in [4.78, 5) is 26.3. The molecule has 1 atom stereocenters. The van der Waals surface area contributed by atoms with Gasteiger partial charge in [0, 0.05) is 20.1 Å². The van der Waals surface area contributed by atoms with Gasteiger partial charge in [-0.1, -0.05) is 24.3 Å². The molecule has 8 heteroatoms. The highest BCUT2D eigenvalue weighted by atomic mass is 79.9. The van der Waals surface area contributed by atoms with Crippen LogP contribution in [0.3, 0.4) is 0 Å². The second-order valence-electron chi connectivity index (χ2n) is 7.37. The third-order valence-electron chi connectivity index (χ3n) is 5.17. The number of phenols is 1. The molecule has 1 aliphatic carbocycles. The first-order valence-electron chi connectivity index (χ1n) is 9.87. The highest BCUT2D eigenvalue weighted by molar-refractivity contribution is 9.11. The third kappa shape index (κ3) is 4.23. The number of benzene rings is 3. The predicted octanol–water partition coefficient (Wildman–Crippen LogP) is 5.33. The van der Waals surface area contributed by atoms with Gasteiger partial charge in [0.1, 0.15) is 5.75 Å². The Kier molecular flexibility index (Phi) is 6.48. The number of anilines is 2. The van der Waals surface area contributed by atoms with E-state index in [1.807, 2.05) is 12.1 Å². The number of aliphatic hydroxyl groups excluding tert-OH is 1. The monoisotopic (exact) mass is 559 g/mol. The molecule has 0 amide bonds. The molecule has 0 saturated carbocycles. The van der Waals surface area contributed by atoms with E-state index in [2.05, 4.69) is 37.2 Å². The highest BCUT2D eigenvalue weighted by Crippen LogP contribution is 2.41. The van der Waals surface area contributed by atoms with Gasteiger partial charge in [-0.25, -0.2) is 0 Å². The number of carbonyl (C=O) groups excluding carboxylic acids is 2. The molecular formula is C24H19Br2NO5. The lowest BCUT2D eigenvalue weighted by molar-refractivity contribution is -0.0838. The number of hydrogen-bond donors (Lipinski definition) is 3. The number of phenolic OH excluding ortho intramolecular Hbond substituents is 1. The maximum atomic E-state index is 13.3. The minimum absolute atomic E-state index is 0.00200. The minimum Gasteiger partial charge on any atom is -0.507 e. The fourth-order valence-corrected chi connectivity index (χ4v) is 5.16. The second-order valence-corrected chi connectivity index (χ2v) is 9.07. The van der Waals surface area contributed by atoms with Crippen LogP contribution >= 0.6 is 31.9 Å². The van der Waals surface area contributed by atoms with Crippen molar-refractivity contribution in [2.24, 2.45) is 0 Å². The van der Waals surface area contributed by atoms with Crippen LogP contribution in [0.1, 0.15) is 44.3 Å². The summed E-state index contributed by atoms with van der Waals surface area (Å²) in [7, 11) is 0. The molecule has 0 spiro atoms. The first-order chi connectivity index (χ1) is 15.3. The number of rotatable bonds is 6. The number of nitrogens with one attached hydrogen (secondary N) is 1. The molecular weight excluding hydrogens is 542 g/mol. The number of aromatic hydroxyl groups is 1. The SMILES string of the molecule is CC(O)OCCc1cc(Br)c(Nc2ccc(O)c3c2C(=O)c2ccccc2C3=O)c(Br)c1. The van der Waals surface area contributed by atoms with E-state index in [-0.39, 0.29) is 34.0 Å². The van der Waals surface area contributed by atoms with E-state index >= 15 is 0 Å². The first kappa shape index (κ1) is 22.7. The van der Waals surface area contributed by atoms with E-state index in [9.17, 15) is 19.8 Å². The molecule has 1 aliphatic rings. The van der Waals surface area contributed by atoms with Crippen LogP contribution in [0.15, 0.2) is 57.5 Å². The zero-order chi connectivity index (χ0) is 23.0. The smallest absolute Gasteiger partial charge is 0.198 e. The van der Waals surface area contributed by atoms with Crippen LogP contribution in [0, 0.1) is 0 Å². The van der Waals surface area contributed by atoms with Crippen LogP contribution in [0.25, 0.3) is 0 Å². The molecule has 164 valence electrons. The average Bonchev–Trinajstić information content (AvgIpc) is 2.75. The summed E-state index contributed by atoms with van der Waals surface area (Å²) in [5.74, 6) is -0.944. The predicted molar refractivity (Wildman–Crippen MR) is 128 cm³/mol. The summed E-state index contributed by atoms with van der Waals surface area (Å²) in [6.07, 6.45) is -0.227. The molecule has 3 aromatic carbocycles.